The van der Waals surface area contributed by atoms with Crippen molar-refractivity contribution in [3.63, 3.8) is 0 Å². The van der Waals surface area contributed by atoms with Gasteiger partial charge in [-0.1, -0.05) is 137 Å². The Labute approximate surface area is 168 Å². The van der Waals surface area contributed by atoms with E-state index in [0.717, 1.165) is 0 Å². The smallest absolute Gasteiger partial charge is 0.00489 e. The Balaban J connectivity index is 0. The molecule has 0 amide bonds. The van der Waals surface area contributed by atoms with Gasteiger partial charge in [-0.3, -0.25) is 0 Å². The summed E-state index contributed by atoms with van der Waals surface area (Å²) in [6.45, 7) is 11.6. The van der Waals surface area contributed by atoms with Crippen LogP contribution in [0.1, 0.15) is 150 Å². The van der Waals surface area contributed by atoms with Gasteiger partial charge < -0.3 is 5.32 Å². The molecule has 0 rings (SSSR count). The second-order valence-corrected chi connectivity index (χ2v) is 8.05. The Morgan fingerprint density at radius 3 is 0.808 bits per heavy atom. The van der Waals surface area contributed by atoms with Crippen LogP contribution in [0.2, 0.25) is 0 Å². The summed E-state index contributed by atoms with van der Waals surface area (Å²) in [7, 11) is 0. The minimum absolute atomic E-state index is 1.24. The molecule has 1 nitrogen and oxygen atoms in total. The van der Waals surface area contributed by atoms with Gasteiger partial charge in [-0.25, -0.2) is 0 Å². The van der Waals surface area contributed by atoms with Crippen molar-refractivity contribution in [2.24, 2.45) is 0 Å². The molecule has 1 N–H and O–H groups in total. The van der Waals surface area contributed by atoms with Gasteiger partial charge in [0.15, 0.2) is 0 Å². The molecule has 0 aliphatic heterocycles. The van der Waals surface area contributed by atoms with Crippen LogP contribution >= 0.6 is 0 Å². The average Bonchev–Trinajstić information content (AvgIpc) is 2.66. The molecular formula is C25H55N. The van der Waals surface area contributed by atoms with Crippen LogP contribution in [-0.4, -0.2) is 13.1 Å². The molecule has 0 atom stereocenters. The third-order valence-electron chi connectivity index (χ3n) is 5.12. The number of hydrogen-bond donors (Lipinski definition) is 1. The zero-order chi connectivity index (χ0) is 19.6. The highest BCUT2D eigenvalue weighted by Gasteiger charge is 1.92. The fourth-order valence-electron chi connectivity index (χ4n) is 3.22. The maximum atomic E-state index is 3.58. The standard InChI is InChI=1S/C17H37N.C8H18/c1-3-5-7-9-11-13-15-17-18-16-14-12-10-8-6-4-2;1-3-5-7-8-6-4-2/h18H,3-17H2,1-2H3;3-8H2,1-2H3. The molecule has 0 spiro atoms. The van der Waals surface area contributed by atoms with E-state index in [9.17, 15) is 0 Å². The first-order chi connectivity index (χ1) is 12.8. The van der Waals surface area contributed by atoms with E-state index in [1.165, 1.54) is 135 Å². The Morgan fingerprint density at radius 2 is 0.538 bits per heavy atom. The van der Waals surface area contributed by atoms with Crippen LogP contribution in [0.25, 0.3) is 0 Å². The van der Waals surface area contributed by atoms with Crippen molar-refractivity contribution in [3.05, 3.63) is 0 Å². The van der Waals surface area contributed by atoms with E-state index in [0.29, 0.717) is 0 Å². The van der Waals surface area contributed by atoms with Crippen molar-refractivity contribution in [2.45, 2.75) is 150 Å². The molecule has 0 aliphatic rings. The van der Waals surface area contributed by atoms with E-state index in [1.54, 1.807) is 0 Å². The molecular weight excluding hydrogens is 314 g/mol. The Morgan fingerprint density at radius 1 is 0.308 bits per heavy atom. The topological polar surface area (TPSA) is 12.0 Å². The largest absolute Gasteiger partial charge is 0.317 e. The summed E-state index contributed by atoms with van der Waals surface area (Å²) in [6.07, 6.45) is 26.9. The Bertz CT molecular complexity index is 180. The van der Waals surface area contributed by atoms with Crippen LogP contribution in [-0.2, 0) is 0 Å². The lowest BCUT2D eigenvalue weighted by molar-refractivity contribution is 0.540. The first-order valence-electron chi connectivity index (χ1n) is 12.5. The first kappa shape index (κ1) is 28.2. The monoisotopic (exact) mass is 369 g/mol. The number of rotatable bonds is 20. The molecule has 0 radical (unpaired) electrons. The molecule has 0 aromatic heterocycles. The van der Waals surface area contributed by atoms with Crippen LogP contribution in [0.4, 0.5) is 0 Å². The van der Waals surface area contributed by atoms with Gasteiger partial charge in [-0.2, -0.15) is 0 Å². The molecule has 160 valence electrons. The summed E-state index contributed by atoms with van der Waals surface area (Å²) in [5.41, 5.74) is 0. The predicted octanol–water partition coefficient (Wildman–Crippen LogP) is 9.05. The summed E-state index contributed by atoms with van der Waals surface area (Å²) < 4.78 is 0. The van der Waals surface area contributed by atoms with E-state index in [4.69, 9.17) is 0 Å². The van der Waals surface area contributed by atoms with Gasteiger partial charge in [0, 0.05) is 0 Å². The molecule has 0 saturated carbocycles. The Hall–Kier alpha value is -0.0400. The van der Waals surface area contributed by atoms with Crippen LogP contribution in [0.3, 0.4) is 0 Å². The van der Waals surface area contributed by atoms with E-state index in [1.807, 2.05) is 0 Å². The van der Waals surface area contributed by atoms with Gasteiger partial charge in [0.05, 0.1) is 0 Å². The van der Waals surface area contributed by atoms with Gasteiger partial charge in [0.25, 0.3) is 0 Å². The number of nitrogens with one attached hydrogen (secondary N) is 1. The lowest BCUT2D eigenvalue weighted by Gasteiger charge is -2.05. The lowest BCUT2D eigenvalue weighted by atomic mass is 10.1. The molecule has 0 saturated heterocycles. The number of hydrogen-bond acceptors (Lipinski definition) is 1. The van der Waals surface area contributed by atoms with E-state index in [2.05, 4.69) is 33.0 Å². The van der Waals surface area contributed by atoms with Crippen LogP contribution < -0.4 is 5.32 Å². The van der Waals surface area contributed by atoms with Gasteiger partial charge in [-0.15, -0.1) is 0 Å². The third kappa shape index (κ3) is 31.7. The molecule has 0 heterocycles. The molecule has 1 heteroatoms. The second-order valence-electron chi connectivity index (χ2n) is 8.05. The minimum atomic E-state index is 1.24. The quantitative estimate of drug-likeness (QED) is 0.211. The first-order valence-corrected chi connectivity index (χ1v) is 12.5. The van der Waals surface area contributed by atoms with Gasteiger partial charge in [0.2, 0.25) is 0 Å². The van der Waals surface area contributed by atoms with Crippen LogP contribution in [0.15, 0.2) is 0 Å². The van der Waals surface area contributed by atoms with Crippen LogP contribution in [0, 0.1) is 0 Å². The molecule has 0 fully saturated rings. The maximum Gasteiger partial charge on any atom is -0.00489 e. The normalized spacial score (nSPS) is 10.6. The van der Waals surface area contributed by atoms with Crippen molar-refractivity contribution in [1.82, 2.24) is 5.32 Å². The Kier molecular flexibility index (Phi) is 32.2. The van der Waals surface area contributed by atoms with Crippen LogP contribution in [0.5, 0.6) is 0 Å². The highest BCUT2D eigenvalue weighted by atomic mass is 14.8. The summed E-state index contributed by atoms with van der Waals surface area (Å²) in [6, 6.07) is 0. The van der Waals surface area contributed by atoms with E-state index >= 15 is 0 Å². The van der Waals surface area contributed by atoms with Gasteiger partial charge in [0.1, 0.15) is 0 Å². The maximum absolute atomic E-state index is 3.58. The fourth-order valence-corrected chi connectivity index (χ4v) is 3.22. The molecule has 0 aromatic rings. The molecule has 0 aliphatic carbocycles. The lowest BCUT2D eigenvalue weighted by Crippen LogP contribution is -2.16. The van der Waals surface area contributed by atoms with Crippen molar-refractivity contribution in [3.8, 4) is 0 Å². The van der Waals surface area contributed by atoms with E-state index in [-0.39, 0.29) is 0 Å². The van der Waals surface area contributed by atoms with E-state index < -0.39 is 0 Å². The molecule has 0 bridgehead atoms. The van der Waals surface area contributed by atoms with Gasteiger partial charge in [-0.05, 0) is 25.9 Å². The minimum Gasteiger partial charge on any atom is -0.317 e. The van der Waals surface area contributed by atoms with Crippen molar-refractivity contribution in [2.75, 3.05) is 13.1 Å². The molecule has 26 heavy (non-hydrogen) atoms. The molecule has 0 unspecified atom stereocenters. The second kappa shape index (κ2) is 29.7. The zero-order valence-electron chi connectivity index (χ0n) is 19.3. The predicted molar refractivity (Wildman–Crippen MR) is 123 cm³/mol. The zero-order valence-corrected chi connectivity index (χ0v) is 19.3. The van der Waals surface area contributed by atoms with Crippen molar-refractivity contribution in [1.29, 1.82) is 0 Å². The summed E-state index contributed by atoms with van der Waals surface area (Å²) in [5.74, 6) is 0. The SMILES string of the molecule is CCCCCCCC.CCCCCCCCCNCCCCCCCC. The van der Waals surface area contributed by atoms with Crippen molar-refractivity contribution < 1.29 is 0 Å². The highest BCUT2D eigenvalue weighted by Crippen LogP contribution is 2.07. The third-order valence-corrected chi connectivity index (χ3v) is 5.12. The summed E-state index contributed by atoms with van der Waals surface area (Å²) >= 11 is 0. The average molecular weight is 370 g/mol. The van der Waals surface area contributed by atoms with Crippen molar-refractivity contribution >= 4 is 0 Å². The fraction of sp³-hybridized carbons (Fsp3) is 1.00. The summed E-state index contributed by atoms with van der Waals surface area (Å²) in [5, 5.41) is 3.58. The van der Waals surface area contributed by atoms with Gasteiger partial charge >= 0.3 is 0 Å². The molecule has 0 aromatic carbocycles. The highest BCUT2D eigenvalue weighted by molar-refractivity contribution is 4.51. The summed E-state index contributed by atoms with van der Waals surface area (Å²) in [4.78, 5) is 0. The number of unbranched alkanes of at least 4 members (excludes halogenated alkanes) is 16.